The first-order valence-corrected chi connectivity index (χ1v) is 6.94. The number of anilines is 1. The molecule has 0 atom stereocenters. The fourth-order valence-corrected chi connectivity index (χ4v) is 2.35. The third-order valence-corrected chi connectivity index (χ3v) is 3.68. The summed E-state index contributed by atoms with van der Waals surface area (Å²) in [5.74, 6) is -2.36. The van der Waals surface area contributed by atoms with Crippen molar-refractivity contribution in [3.05, 3.63) is 35.9 Å². The van der Waals surface area contributed by atoms with E-state index in [2.05, 4.69) is 11.9 Å². The second-order valence-corrected chi connectivity index (χ2v) is 5.05. The number of rotatable bonds is 5. The van der Waals surface area contributed by atoms with E-state index in [0.29, 0.717) is 6.04 Å². The van der Waals surface area contributed by atoms with Gasteiger partial charge in [0.15, 0.2) is 0 Å². The number of ketones is 1. The predicted molar refractivity (Wildman–Crippen MR) is 80.4 cm³/mol. The molecule has 0 unspecified atom stereocenters. The lowest BCUT2D eigenvalue weighted by molar-refractivity contribution is -0.146. The van der Waals surface area contributed by atoms with Crippen molar-refractivity contribution < 1.29 is 19.4 Å². The molecular weight excluding hydrogens is 270 g/mol. The summed E-state index contributed by atoms with van der Waals surface area (Å²) in [7, 11) is 2.06. The van der Waals surface area contributed by atoms with Crippen LogP contribution in [0.25, 0.3) is 6.08 Å². The lowest BCUT2D eigenvalue weighted by Crippen LogP contribution is -2.36. The largest absolute Gasteiger partial charge is 0.475 e. The lowest BCUT2D eigenvalue weighted by Gasteiger charge is -2.33. The first-order valence-electron chi connectivity index (χ1n) is 6.94. The molecule has 0 aliphatic carbocycles. The number of carboxylic acid groups (broad SMARTS) is 1. The zero-order chi connectivity index (χ0) is 15.2. The topological polar surface area (TPSA) is 66.8 Å². The molecule has 5 nitrogen and oxygen atoms in total. The van der Waals surface area contributed by atoms with Gasteiger partial charge in [-0.3, -0.25) is 4.79 Å². The van der Waals surface area contributed by atoms with Gasteiger partial charge in [0.1, 0.15) is 0 Å². The number of carbonyl (C=O) groups is 2. The van der Waals surface area contributed by atoms with Crippen molar-refractivity contribution >= 4 is 23.5 Å². The fraction of sp³-hybridized carbons (Fsp3) is 0.375. The molecule has 5 heteroatoms. The van der Waals surface area contributed by atoms with E-state index in [9.17, 15) is 9.59 Å². The van der Waals surface area contributed by atoms with Crippen molar-refractivity contribution in [3.63, 3.8) is 0 Å². The maximum absolute atomic E-state index is 11.0. The highest BCUT2D eigenvalue weighted by Gasteiger charge is 2.18. The van der Waals surface area contributed by atoms with Crippen LogP contribution in [0.4, 0.5) is 5.69 Å². The van der Waals surface area contributed by atoms with E-state index in [1.54, 1.807) is 0 Å². The van der Waals surface area contributed by atoms with Crippen LogP contribution in [0.1, 0.15) is 18.4 Å². The van der Waals surface area contributed by atoms with Crippen molar-refractivity contribution in [2.75, 3.05) is 25.2 Å². The minimum atomic E-state index is -1.44. The highest BCUT2D eigenvalue weighted by atomic mass is 16.5. The van der Waals surface area contributed by atoms with Crippen LogP contribution in [-0.2, 0) is 14.3 Å². The van der Waals surface area contributed by atoms with Gasteiger partial charge in [0.25, 0.3) is 5.78 Å². The van der Waals surface area contributed by atoms with E-state index < -0.39 is 11.8 Å². The van der Waals surface area contributed by atoms with E-state index in [1.807, 2.05) is 24.3 Å². The molecule has 1 saturated heterocycles. The Balaban J connectivity index is 2.01. The van der Waals surface area contributed by atoms with Crippen molar-refractivity contribution in [1.29, 1.82) is 0 Å². The molecule has 21 heavy (non-hydrogen) atoms. The Morgan fingerprint density at radius 1 is 1.24 bits per heavy atom. The normalized spacial score (nSPS) is 16.0. The zero-order valence-electron chi connectivity index (χ0n) is 12.0. The van der Waals surface area contributed by atoms with Crippen LogP contribution in [0.5, 0.6) is 0 Å². The predicted octanol–water partition coefficient (Wildman–Crippen LogP) is 1.97. The molecule has 1 heterocycles. The molecule has 1 aromatic carbocycles. The van der Waals surface area contributed by atoms with Gasteiger partial charge in [-0.15, -0.1) is 0 Å². The van der Waals surface area contributed by atoms with Gasteiger partial charge in [-0.25, -0.2) is 4.79 Å². The molecule has 0 aromatic heterocycles. The Hall–Kier alpha value is -2.14. The van der Waals surface area contributed by atoms with Gasteiger partial charge in [-0.05, 0) is 36.6 Å². The minimum Gasteiger partial charge on any atom is -0.475 e. The van der Waals surface area contributed by atoms with E-state index >= 15 is 0 Å². The Morgan fingerprint density at radius 3 is 2.43 bits per heavy atom. The van der Waals surface area contributed by atoms with E-state index in [-0.39, 0.29) is 0 Å². The molecule has 0 saturated carbocycles. The lowest BCUT2D eigenvalue weighted by atomic mass is 10.1. The van der Waals surface area contributed by atoms with Crippen LogP contribution in [0.15, 0.2) is 30.3 Å². The number of carboxylic acids is 1. The van der Waals surface area contributed by atoms with Crippen LogP contribution in [0.3, 0.4) is 0 Å². The van der Waals surface area contributed by atoms with Crippen molar-refractivity contribution in [3.8, 4) is 0 Å². The van der Waals surface area contributed by atoms with Gasteiger partial charge >= 0.3 is 5.97 Å². The van der Waals surface area contributed by atoms with Crippen LogP contribution in [-0.4, -0.2) is 43.2 Å². The fourth-order valence-electron chi connectivity index (χ4n) is 2.35. The Kier molecular flexibility index (Phi) is 5.11. The Bertz CT molecular complexity index is 530. The van der Waals surface area contributed by atoms with Gasteiger partial charge in [0.2, 0.25) is 0 Å². The second kappa shape index (κ2) is 7.04. The average Bonchev–Trinajstić information content (AvgIpc) is 2.53. The molecule has 1 aliphatic heterocycles. The third kappa shape index (κ3) is 4.16. The molecule has 0 bridgehead atoms. The summed E-state index contributed by atoms with van der Waals surface area (Å²) in [5.41, 5.74) is 1.90. The summed E-state index contributed by atoms with van der Waals surface area (Å²) in [5, 5.41) is 8.50. The second-order valence-electron chi connectivity index (χ2n) is 5.05. The van der Waals surface area contributed by atoms with Crippen LogP contribution < -0.4 is 4.90 Å². The zero-order valence-corrected chi connectivity index (χ0v) is 12.0. The number of benzene rings is 1. The smallest absolute Gasteiger partial charge is 0.376 e. The summed E-state index contributed by atoms with van der Waals surface area (Å²) in [4.78, 5) is 23.6. The highest BCUT2D eigenvalue weighted by Crippen LogP contribution is 2.21. The molecular formula is C16H19NO4. The van der Waals surface area contributed by atoms with E-state index in [0.717, 1.165) is 43.4 Å². The van der Waals surface area contributed by atoms with Crippen molar-refractivity contribution in [2.24, 2.45) is 0 Å². The average molecular weight is 289 g/mol. The maximum Gasteiger partial charge on any atom is 0.376 e. The maximum atomic E-state index is 11.0. The number of ether oxygens (including phenoxy) is 1. The summed E-state index contributed by atoms with van der Waals surface area (Å²) in [6.45, 7) is 1.60. The summed E-state index contributed by atoms with van der Waals surface area (Å²) < 4.78 is 5.36. The summed E-state index contributed by atoms with van der Waals surface area (Å²) in [6, 6.07) is 8.17. The number of hydrogen-bond acceptors (Lipinski definition) is 4. The Morgan fingerprint density at radius 2 is 1.86 bits per heavy atom. The molecule has 112 valence electrons. The molecule has 1 aromatic rings. The van der Waals surface area contributed by atoms with Crippen LogP contribution >= 0.6 is 0 Å². The van der Waals surface area contributed by atoms with Gasteiger partial charge < -0.3 is 14.7 Å². The monoisotopic (exact) mass is 289 g/mol. The molecule has 1 fully saturated rings. The van der Waals surface area contributed by atoms with E-state index in [4.69, 9.17) is 9.84 Å². The molecule has 1 aliphatic rings. The molecule has 1 N–H and O–H groups in total. The minimum absolute atomic E-state index is 0.480. The number of nitrogens with zero attached hydrogens (tertiary/aromatic N) is 1. The first kappa shape index (κ1) is 15.3. The van der Waals surface area contributed by atoms with Crippen molar-refractivity contribution in [2.45, 2.75) is 18.9 Å². The van der Waals surface area contributed by atoms with Gasteiger partial charge in [-0.2, -0.15) is 0 Å². The molecule has 0 spiro atoms. The number of hydrogen-bond donors (Lipinski definition) is 1. The van der Waals surface area contributed by atoms with Crippen molar-refractivity contribution in [1.82, 2.24) is 0 Å². The number of aliphatic carboxylic acids is 1. The van der Waals surface area contributed by atoms with Gasteiger partial charge in [-0.1, -0.05) is 18.2 Å². The standard InChI is InChI=1S/C16H19NO4/c1-17(14-8-10-21-11-9-14)13-5-2-12(3-6-13)4-7-15(18)16(19)20/h2-7,14H,8-11H2,1H3,(H,19,20). The molecule has 0 radical (unpaired) electrons. The summed E-state index contributed by atoms with van der Waals surface area (Å²) in [6.07, 6.45) is 4.62. The van der Waals surface area contributed by atoms with E-state index in [1.165, 1.54) is 6.08 Å². The number of carbonyl (C=O) groups excluding carboxylic acids is 1. The third-order valence-electron chi connectivity index (χ3n) is 3.68. The summed E-state index contributed by atoms with van der Waals surface area (Å²) >= 11 is 0. The quantitative estimate of drug-likeness (QED) is 0.663. The highest BCUT2D eigenvalue weighted by molar-refractivity contribution is 6.38. The van der Waals surface area contributed by atoms with Gasteiger partial charge in [0, 0.05) is 32.0 Å². The van der Waals surface area contributed by atoms with Crippen LogP contribution in [0, 0.1) is 0 Å². The molecule has 2 rings (SSSR count). The van der Waals surface area contributed by atoms with Crippen LogP contribution in [0.2, 0.25) is 0 Å². The molecule has 0 amide bonds. The Labute approximate surface area is 123 Å². The first-order chi connectivity index (χ1) is 10.1. The SMILES string of the molecule is CN(c1ccc(C=CC(=O)C(=O)O)cc1)C1CCOCC1. The van der Waals surface area contributed by atoms with Gasteiger partial charge in [0.05, 0.1) is 0 Å².